The van der Waals surface area contributed by atoms with Crippen molar-refractivity contribution in [1.82, 2.24) is 9.78 Å². The van der Waals surface area contributed by atoms with Gasteiger partial charge in [-0.3, -0.25) is 4.79 Å². The molecule has 0 atom stereocenters. The number of rotatable bonds is 2. The number of anilines is 3. The molecular weight excluding hydrogens is 240 g/mol. The highest BCUT2D eigenvalue weighted by Crippen LogP contribution is 2.21. The van der Waals surface area contributed by atoms with Crippen molar-refractivity contribution in [2.24, 2.45) is 7.05 Å². The van der Waals surface area contributed by atoms with Crippen LogP contribution < -0.4 is 16.6 Å². The average Bonchev–Trinajstić information content (AvgIpc) is 2.33. The number of nitrogen functional groups attached to an aromatic ring is 1. The predicted molar refractivity (Wildman–Crippen MR) is 68.6 cm³/mol. The molecule has 0 aliphatic carbocycles. The Bertz CT molecular complexity index is 591. The van der Waals surface area contributed by atoms with Crippen LogP contribution in [0.15, 0.2) is 35.3 Å². The van der Waals surface area contributed by atoms with Crippen LogP contribution >= 0.6 is 11.6 Å². The topological polar surface area (TPSA) is 72.9 Å². The van der Waals surface area contributed by atoms with E-state index in [0.717, 1.165) is 5.69 Å². The smallest absolute Gasteiger partial charge is 0.287 e. The van der Waals surface area contributed by atoms with Crippen LogP contribution in [0.4, 0.5) is 17.1 Å². The van der Waals surface area contributed by atoms with Gasteiger partial charge in [-0.25, -0.2) is 4.68 Å². The minimum Gasteiger partial charge on any atom is -0.399 e. The summed E-state index contributed by atoms with van der Waals surface area (Å²) in [5.74, 6) is 0. The number of halogens is 1. The summed E-state index contributed by atoms with van der Waals surface area (Å²) in [6.07, 6.45) is 1.50. The van der Waals surface area contributed by atoms with E-state index in [-0.39, 0.29) is 10.6 Å². The van der Waals surface area contributed by atoms with E-state index in [1.807, 2.05) is 0 Å². The molecule has 17 heavy (non-hydrogen) atoms. The first kappa shape index (κ1) is 11.5. The number of aromatic nitrogens is 2. The molecule has 6 heteroatoms. The quantitative estimate of drug-likeness (QED) is 0.797. The van der Waals surface area contributed by atoms with Crippen LogP contribution in [0.3, 0.4) is 0 Å². The lowest BCUT2D eigenvalue weighted by Crippen LogP contribution is -2.20. The summed E-state index contributed by atoms with van der Waals surface area (Å²) in [6.45, 7) is 0. The fourth-order valence-electron chi connectivity index (χ4n) is 1.32. The number of nitrogens with two attached hydrogens (primary N) is 1. The molecule has 0 spiro atoms. The molecule has 2 aromatic rings. The lowest BCUT2D eigenvalue weighted by molar-refractivity contribution is 0.709. The summed E-state index contributed by atoms with van der Waals surface area (Å²) in [4.78, 5) is 11.5. The van der Waals surface area contributed by atoms with Crippen LogP contribution in [0.25, 0.3) is 0 Å². The first-order valence-corrected chi connectivity index (χ1v) is 5.30. The van der Waals surface area contributed by atoms with Gasteiger partial charge in [-0.05, 0) is 24.3 Å². The van der Waals surface area contributed by atoms with E-state index >= 15 is 0 Å². The Morgan fingerprint density at radius 2 is 2.00 bits per heavy atom. The number of nitrogens with one attached hydrogen (secondary N) is 1. The predicted octanol–water partition coefficient (Wildman–Crippen LogP) is 1.76. The molecule has 0 fully saturated rings. The first-order chi connectivity index (χ1) is 8.08. The van der Waals surface area contributed by atoms with Gasteiger partial charge in [0.15, 0.2) is 0 Å². The van der Waals surface area contributed by atoms with Crippen LogP contribution in [0, 0.1) is 0 Å². The van der Waals surface area contributed by atoms with E-state index < -0.39 is 0 Å². The lowest BCUT2D eigenvalue weighted by Gasteiger charge is -2.08. The summed E-state index contributed by atoms with van der Waals surface area (Å²) in [5.41, 5.74) is 7.16. The number of hydrogen-bond acceptors (Lipinski definition) is 4. The second-order valence-corrected chi connectivity index (χ2v) is 3.93. The first-order valence-electron chi connectivity index (χ1n) is 4.92. The molecule has 0 bridgehead atoms. The maximum absolute atomic E-state index is 11.5. The van der Waals surface area contributed by atoms with Crippen molar-refractivity contribution in [2.75, 3.05) is 11.1 Å². The zero-order valence-corrected chi connectivity index (χ0v) is 9.90. The third-order valence-electron chi connectivity index (χ3n) is 2.27. The SMILES string of the molecule is Cn1ncc(Nc2ccc(N)cc2)c(Cl)c1=O. The summed E-state index contributed by atoms with van der Waals surface area (Å²) < 4.78 is 1.18. The molecular formula is C11H11ClN4O. The van der Waals surface area contributed by atoms with Crippen molar-refractivity contribution >= 4 is 28.7 Å². The standard InChI is InChI=1S/C11H11ClN4O/c1-16-11(17)10(12)9(6-14-16)15-8-4-2-7(13)3-5-8/h2-6,15H,13H2,1H3. The van der Waals surface area contributed by atoms with Crippen LogP contribution in [0.2, 0.25) is 5.02 Å². The molecule has 1 aromatic carbocycles. The summed E-state index contributed by atoms with van der Waals surface area (Å²) in [6, 6.07) is 7.10. The maximum atomic E-state index is 11.5. The minimum absolute atomic E-state index is 0.110. The highest BCUT2D eigenvalue weighted by Gasteiger charge is 2.07. The Hall–Kier alpha value is -2.01. The Morgan fingerprint density at radius 3 is 2.65 bits per heavy atom. The second-order valence-electron chi connectivity index (χ2n) is 3.55. The van der Waals surface area contributed by atoms with Gasteiger partial charge in [0.2, 0.25) is 0 Å². The Morgan fingerprint density at radius 1 is 1.35 bits per heavy atom. The monoisotopic (exact) mass is 250 g/mol. The zero-order valence-electron chi connectivity index (χ0n) is 9.14. The molecule has 1 aromatic heterocycles. The van der Waals surface area contributed by atoms with E-state index in [9.17, 15) is 4.79 Å². The van der Waals surface area contributed by atoms with Crippen molar-refractivity contribution in [3.63, 3.8) is 0 Å². The van der Waals surface area contributed by atoms with Crippen LogP contribution in [0.1, 0.15) is 0 Å². The molecule has 3 N–H and O–H groups in total. The van der Waals surface area contributed by atoms with Gasteiger partial charge in [-0.15, -0.1) is 0 Å². The Balaban J connectivity index is 2.34. The number of hydrogen-bond donors (Lipinski definition) is 2. The second kappa shape index (κ2) is 4.47. The minimum atomic E-state index is -0.341. The summed E-state index contributed by atoms with van der Waals surface area (Å²) in [5, 5.41) is 7.00. The molecule has 0 aliphatic rings. The molecule has 5 nitrogen and oxygen atoms in total. The number of aryl methyl sites for hydroxylation is 1. The average molecular weight is 251 g/mol. The molecule has 0 aliphatic heterocycles. The van der Waals surface area contributed by atoms with E-state index in [1.54, 1.807) is 31.3 Å². The van der Waals surface area contributed by atoms with Crippen molar-refractivity contribution in [1.29, 1.82) is 0 Å². The molecule has 0 radical (unpaired) electrons. The van der Waals surface area contributed by atoms with Crippen molar-refractivity contribution < 1.29 is 0 Å². The molecule has 0 unspecified atom stereocenters. The zero-order chi connectivity index (χ0) is 12.4. The van der Waals surface area contributed by atoms with Crippen LogP contribution in [-0.2, 0) is 7.05 Å². The van der Waals surface area contributed by atoms with Gasteiger partial charge < -0.3 is 11.1 Å². The van der Waals surface area contributed by atoms with Crippen molar-refractivity contribution in [3.05, 3.63) is 45.8 Å². The third-order valence-corrected chi connectivity index (χ3v) is 2.63. The molecule has 0 saturated heterocycles. The molecule has 88 valence electrons. The van der Waals surface area contributed by atoms with Crippen molar-refractivity contribution in [2.45, 2.75) is 0 Å². The number of nitrogens with zero attached hydrogens (tertiary/aromatic N) is 2. The fourth-order valence-corrected chi connectivity index (χ4v) is 1.54. The van der Waals surface area contributed by atoms with Gasteiger partial charge in [0, 0.05) is 18.4 Å². The highest BCUT2D eigenvalue weighted by atomic mass is 35.5. The molecule has 2 rings (SSSR count). The van der Waals surface area contributed by atoms with Gasteiger partial charge in [0.1, 0.15) is 5.02 Å². The Kier molecular flexibility index (Phi) is 3.01. The van der Waals surface area contributed by atoms with E-state index in [2.05, 4.69) is 10.4 Å². The molecule has 1 heterocycles. The summed E-state index contributed by atoms with van der Waals surface area (Å²) in [7, 11) is 1.54. The molecule has 0 amide bonds. The lowest BCUT2D eigenvalue weighted by atomic mass is 10.3. The van der Waals surface area contributed by atoms with Gasteiger partial charge >= 0.3 is 0 Å². The largest absolute Gasteiger partial charge is 0.399 e. The van der Waals surface area contributed by atoms with Crippen LogP contribution in [-0.4, -0.2) is 9.78 Å². The van der Waals surface area contributed by atoms with Crippen molar-refractivity contribution in [3.8, 4) is 0 Å². The van der Waals surface area contributed by atoms with E-state index in [0.29, 0.717) is 11.4 Å². The van der Waals surface area contributed by atoms with Gasteiger partial charge in [-0.2, -0.15) is 5.10 Å². The summed E-state index contributed by atoms with van der Waals surface area (Å²) >= 11 is 5.92. The van der Waals surface area contributed by atoms with E-state index in [1.165, 1.54) is 10.9 Å². The van der Waals surface area contributed by atoms with E-state index in [4.69, 9.17) is 17.3 Å². The fraction of sp³-hybridized carbons (Fsp3) is 0.0909. The van der Waals surface area contributed by atoms with Gasteiger partial charge in [-0.1, -0.05) is 11.6 Å². The van der Waals surface area contributed by atoms with Crippen LogP contribution in [0.5, 0.6) is 0 Å². The molecule has 0 saturated carbocycles. The van der Waals surface area contributed by atoms with Gasteiger partial charge in [0.25, 0.3) is 5.56 Å². The Labute approximate surface area is 103 Å². The third kappa shape index (κ3) is 2.39. The highest BCUT2D eigenvalue weighted by molar-refractivity contribution is 6.33. The normalized spacial score (nSPS) is 10.2. The number of benzene rings is 1. The van der Waals surface area contributed by atoms with Gasteiger partial charge in [0.05, 0.1) is 11.9 Å². The maximum Gasteiger partial charge on any atom is 0.287 e.